The number of hydrogen-bond acceptors (Lipinski definition) is 4. The average molecular weight is 370 g/mol. The third kappa shape index (κ3) is 4.15. The Bertz CT molecular complexity index is 854. The predicted octanol–water partition coefficient (Wildman–Crippen LogP) is 3.18. The van der Waals surface area contributed by atoms with E-state index in [1.54, 1.807) is 27.7 Å². The molecule has 1 aliphatic rings. The molecule has 0 fully saturated rings. The van der Waals surface area contributed by atoms with Crippen molar-refractivity contribution in [2.75, 3.05) is 13.2 Å². The van der Waals surface area contributed by atoms with Gasteiger partial charge in [0.15, 0.2) is 0 Å². The Balaban J connectivity index is 1.64. The van der Waals surface area contributed by atoms with E-state index < -0.39 is 5.97 Å². The van der Waals surface area contributed by atoms with Crippen LogP contribution in [-0.2, 0) is 11.2 Å². The Labute approximate surface area is 159 Å². The summed E-state index contributed by atoms with van der Waals surface area (Å²) in [5.74, 6) is 0.500. The SMILES string of the molecule is Cc1[nH]c(C(=O)NCC2COc3ccccc3C2)c(C)c1C(=O)OC(C)C. The van der Waals surface area contributed by atoms with Crippen LogP contribution in [0.25, 0.3) is 0 Å². The maximum atomic E-state index is 12.6. The van der Waals surface area contributed by atoms with Crippen molar-refractivity contribution in [2.45, 2.75) is 40.2 Å². The van der Waals surface area contributed by atoms with E-state index in [2.05, 4.69) is 16.4 Å². The molecule has 2 N–H and O–H groups in total. The van der Waals surface area contributed by atoms with Gasteiger partial charge in [-0.05, 0) is 51.3 Å². The monoisotopic (exact) mass is 370 g/mol. The molecule has 0 aliphatic carbocycles. The molecule has 0 spiro atoms. The van der Waals surface area contributed by atoms with Crippen molar-refractivity contribution in [1.82, 2.24) is 10.3 Å². The van der Waals surface area contributed by atoms with Gasteiger partial charge in [-0.25, -0.2) is 4.79 Å². The fourth-order valence-corrected chi connectivity index (χ4v) is 3.40. The first-order valence-corrected chi connectivity index (χ1v) is 9.25. The largest absolute Gasteiger partial charge is 0.493 e. The van der Waals surface area contributed by atoms with Crippen LogP contribution in [0.15, 0.2) is 24.3 Å². The van der Waals surface area contributed by atoms with Gasteiger partial charge in [0.2, 0.25) is 0 Å². The van der Waals surface area contributed by atoms with Crippen molar-refractivity contribution < 1.29 is 19.1 Å². The number of benzene rings is 1. The average Bonchev–Trinajstić information content (AvgIpc) is 2.93. The van der Waals surface area contributed by atoms with Gasteiger partial charge >= 0.3 is 5.97 Å². The third-order valence-corrected chi connectivity index (χ3v) is 4.72. The molecule has 27 heavy (non-hydrogen) atoms. The fourth-order valence-electron chi connectivity index (χ4n) is 3.40. The van der Waals surface area contributed by atoms with Crippen LogP contribution in [0.5, 0.6) is 5.75 Å². The number of amides is 1. The van der Waals surface area contributed by atoms with Gasteiger partial charge in [0.25, 0.3) is 5.91 Å². The predicted molar refractivity (Wildman–Crippen MR) is 102 cm³/mol. The lowest BCUT2D eigenvalue weighted by molar-refractivity contribution is 0.0376. The maximum Gasteiger partial charge on any atom is 0.340 e. The van der Waals surface area contributed by atoms with E-state index in [4.69, 9.17) is 9.47 Å². The van der Waals surface area contributed by atoms with Crippen LogP contribution >= 0.6 is 0 Å². The quantitative estimate of drug-likeness (QED) is 0.792. The molecule has 0 saturated heterocycles. The number of carbonyl (C=O) groups is 2. The molecular weight excluding hydrogens is 344 g/mol. The first kappa shape index (κ1) is 19.0. The molecule has 0 saturated carbocycles. The van der Waals surface area contributed by atoms with E-state index in [0.717, 1.165) is 17.7 Å². The second kappa shape index (κ2) is 7.86. The lowest BCUT2D eigenvalue weighted by Gasteiger charge is -2.25. The van der Waals surface area contributed by atoms with Crippen molar-refractivity contribution in [2.24, 2.45) is 5.92 Å². The van der Waals surface area contributed by atoms with Crippen LogP contribution in [0.4, 0.5) is 0 Å². The van der Waals surface area contributed by atoms with Gasteiger partial charge in [0.05, 0.1) is 18.3 Å². The molecule has 1 aromatic carbocycles. The number of fused-ring (bicyclic) bond motifs is 1. The minimum absolute atomic E-state index is 0.211. The zero-order valence-electron chi connectivity index (χ0n) is 16.2. The first-order valence-electron chi connectivity index (χ1n) is 9.25. The number of nitrogens with one attached hydrogen (secondary N) is 2. The van der Waals surface area contributed by atoms with Crippen LogP contribution in [-0.4, -0.2) is 36.1 Å². The number of H-pyrrole nitrogens is 1. The van der Waals surface area contributed by atoms with E-state index in [1.807, 2.05) is 18.2 Å². The van der Waals surface area contributed by atoms with Gasteiger partial charge in [-0.2, -0.15) is 0 Å². The van der Waals surface area contributed by atoms with E-state index in [0.29, 0.717) is 35.7 Å². The molecular formula is C21H26N2O4. The number of aromatic amines is 1. The van der Waals surface area contributed by atoms with Gasteiger partial charge in [-0.3, -0.25) is 4.79 Å². The summed E-state index contributed by atoms with van der Waals surface area (Å²) >= 11 is 0. The Morgan fingerprint density at radius 3 is 2.78 bits per heavy atom. The van der Waals surface area contributed by atoms with E-state index in [9.17, 15) is 9.59 Å². The zero-order valence-corrected chi connectivity index (χ0v) is 16.2. The standard InChI is InChI=1S/C21H26N2O4/c1-12(2)27-21(25)18-13(3)19(23-14(18)4)20(24)22-10-15-9-16-7-5-6-8-17(16)26-11-15/h5-8,12,15,23H,9-11H2,1-4H3,(H,22,24). The number of para-hydroxylation sites is 1. The van der Waals surface area contributed by atoms with Gasteiger partial charge in [0.1, 0.15) is 11.4 Å². The van der Waals surface area contributed by atoms with Crippen molar-refractivity contribution in [3.63, 3.8) is 0 Å². The van der Waals surface area contributed by atoms with Crippen molar-refractivity contribution in [3.8, 4) is 5.75 Å². The molecule has 1 amide bonds. The van der Waals surface area contributed by atoms with Gasteiger partial charge in [-0.15, -0.1) is 0 Å². The number of carbonyl (C=O) groups excluding carboxylic acids is 2. The second-order valence-corrected chi connectivity index (χ2v) is 7.28. The topological polar surface area (TPSA) is 80.4 Å². The molecule has 0 bridgehead atoms. The van der Waals surface area contributed by atoms with Gasteiger partial charge < -0.3 is 19.8 Å². The van der Waals surface area contributed by atoms with Gasteiger partial charge in [0, 0.05) is 18.2 Å². The summed E-state index contributed by atoms with van der Waals surface area (Å²) in [6.45, 7) is 8.21. The summed E-state index contributed by atoms with van der Waals surface area (Å²) in [7, 11) is 0. The molecule has 2 heterocycles. The van der Waals surface area contributed by atoms with Crippen molar-refractivity contribution in [1.29, 1.82) is 0 Å². The maximum absolute atomic E-state index is 12.6. The third-order valence-electron chi connectivity index (χ3n) is 4.72. The summed E-state index contributed by atoms with van der Waals surface area (Å²) < 4.78 is 11.0. The minimum atomic E-state index is -0.410. The normalized spacial score (nSPS) is 15.8. The lowest BCUT2D eigenvalue weighted by Crippen LogP contribution is -2.35. The van der Waals surface area contributed by atoms with Crippen LogP contribution < -0.4 is 10.1 Å². The number of hydrogen-bond donors (Lipinski definition) is 2. The van der Waals surface area contributed by atoms with E-state index in [1.165, 1.54) is 0 Å². The number of aromatic nitrogens is 1. The number of esters is 1. The van der Waals surface area contributed by atoms with Crippen LogP contribution in [0.3, 0.4) is 0 Å². The Morgan fingerprint density at radius 1 is 1.30 bits per heavy atom. The highest BCUT2D eigenvalue weighted by Gasteiger charge is 2.25. The number of aryl methyl sites for hydroxylation is 1. The Kier molecular flexibility index (Phi) is 5.54. The highest BCUT2D eigenvalue weighted by Crippen LogP contribution is 2.26. The molecule has 1 unspecified atom stereocenters. The smallest absolute Gasteiger partial charge is 0.340 e. The highest BCUT2D eigenvalue weighted by atomic mass is 16.5. The molecule has 2 aromatic rings. The van der Waals surface area contributed by atoms with E-state index >= 15 is 0 Å². The highest BCUT2D eigenvalue weighted by molar-refractivity contribution is 6.00. The summed E-state index contributed by atoms with van der Waals surface area (Å²) in [5.41, 5.74) is 3.25. The second-order valence-electron chi connectivity index (χ2n) is 7.28. The van der Waals surface area contributed by atoms with Gasteiger partial charge in [-0.1, -0.05) is 18.2 Å². The molecule has 1 aliphatic heterocycles. The molecule has 1 aromatic heterocycles. The summed E-state index contributed by atoms with van der Waals surface area (Å²) in [5, 5.41) is 2.96. The summed E-state index contributed by atoms with van der Waals surface area (Å²) in [6.07, 6.45) is 0.656. The van der Waals surface area contributed by atoms with E-state index in [-0.39, 0.29) is 17.9 Å². The van der Waals surface area contributed by atoms with Crippen LogP contribution in [0, 0.1) is 19.8 Å². The minimum Gasteiger partial charge on any atom is -0.493 e. The van der Waals surface area contributed by atoms with Crippen molar-refractivity contribution in [3.05, 3.63) is 52.3 Å². The Hall–Kier alpha value is -2.76. The molecule has 6 heteroatoms. The summed E-state index contributed by atoms with van der Waals surface area (Å²) in [6, 6.07) is 7.96. The fraction of sp³-hybridized carbons (Fsp3) is 0.429. The molecule has 1 atom stereocenters. The van der Waals surface area contributed by atoms with Crippen molar-refractivity contribution >= 4 is 11.9 Å². The number of rotatable bonds is 5. The number of ether oxygens (including phenoxy) is 2. The molecule has 0 radical (unpaired) electrons. The summed E-state index contributed by atoms with van der Waals surface area (Å²) in [4.78, 5) is 27.9. The zero-order chi connectivity index (χ0) is 19.6. The van der Waals surface area contributed by atoms with Crippen LogP contribution in [0.1, 0.15) is 51.5 Å². The molecule has 144 valence electrons. The Morgan fingerprint density at radius 2 is 2.04 bits per heavy atom. The lowest BCUT2D eigenvalue weighted by atomic mass is 9.96. The van der Waals surface area contributed by atoms with Crippen LogP contribution in [0.2, 0.25) is 0 Å². The molecule has 6 nitrogen and oxygen atoms in total. The molecule has 3 rings (SSSR count). The first-order chi connectivity index (χ1) is 12.9.